The predicted molar refractivity (Wildman–Crippen MR) is 152 cm³/mol. The molecule has 1 spiro atoms. The molecule has 2 fully saturated rings. The average Bonchev–Trinajstić information content (AvgIpc) is 3.37. The number of hydrogen-bond donors (Lipinski definition) is 3. The lowest BCUT2D eigenvalue weighted by molar-refractivity contribution is -0.0312. The van der Waals surface area contributed by atoms with Crippen LogP contribution in [0.2, 0.25) is 0 Å². The summed E-state index contributed by atoms with van der Waals surface area (Å²) in [5.41, 5.74) is 0.338. The largest absolute Gasteiger partial charge is 0.491 e. The molecule has 2 atom stereocenters. The van der Waals surface area contributed by atoms with Crippen LogP contribution in [0.25, 0.3) is 10.9 Å². The van der Waals surface area contributed by atoms with Gasteiger partial charge in [0, 0.05) is 37.3 Å². The van der Waals surface area contributed by atoms with Crippen molar-refractivity contribution < 1.29 is 36.5 Å². The number of ether oxygens (including phenoxy) is 2. The summed E-state index contributed by atoms with van der Waals surface area (Å²) < 4.78 is 64.1. The molecule has 0 amide bonds. The van der Waals surface area contributed by atoms with E-state index in [1.807, 2.05) is 24.3 Å². The Kier molecular flexibility index (Phi) is 8.95. The lowest BCUT2D eigenvalue weighted by Gasteiger charge is -2.38. The zero-order valence-electron chi connectivity index (χ0n) is 22.6. The molecule has 2 saturated heterocycles. The highest BCUT2D eigenvalue weighted by Crippen LogP contribution is 2.37. The van der Waals surface area contributed by atoms with Crippen LogP contribution in [0.3, 0.4) is 0 Å². The molecule has 1 unspecified atom stereocenters. The Hall–Kier alpha value is -2.65. The molecule has 41 heavy (non-hydrogen) atoms. The molecule has 3 aromatic rings. The van der Waals surface area contributed by atoms with Crippen molar-refractivity contribution >= 4 is 30.8 Å². The number of nitrogens with zero attached hydrogens (tertiary/aromatic N) is 2. The molecule has 0 bridgehead atoms. The molecule has 222 valence electrons. The van der Waals surface area contributed by atoms with Crippen molar-refractivity contribution in [2.45, 2.75) is 46.8 Å². The van der Waals surface area contributed by atoms with E-state index in [0.29, 0.717) is 44.7 Å². The number of fused-ring (bicyclic) bond motifs is 1. The normalized spacial score (nSPS) is 20.4. The molecule has 1 aromatic heterocycles. The van der Waals surface area contributed by atoms with Crippen molar-refractivity contribution in [2.24, 2.45) is 0 Å². The number of rotatable bonds is 11. The van der Waals surface area contributed by atoms with Crippen LogP contribution in [-0.4, -0.2) is 99.3 Å². The average molecular weight is 606 g/mol. The zero-order valence-corrected chi connectivity index (χ0v) is 24.2. The highest BCUT2D eigenvalue weighted by molar-refractivity contribution is 7.91. The van der Waals surface area contributed by atoms with Gasteiger partial charge in [-0.25, -0.2) is 16.8 Å². The van der Waals surface area contributed by atoms with Crippen LogP contribution in [0.5, 0.6) is 5.75 Å². The molecular formula is C28H35N3O8S2. The van der Waals surface area contributed by atoms with Gasteiger partial charge in [-0.1, -0.05) is 24.3 Å². The summed E-state index contributed by atoms with van der Waals surface area (Å²) in [6, 6.07) is 15.1. The smallest absolute Gasteiger partial charge is 0.244 e. The van der Waals surface area contributed by atoms with E-state index in [1.54, 1.807) is 18.2 Å². The Morgan fingerprint density at radius 2 is 1.85 bits per heavy atom. The van der Waals surface area contributed by atoms with E-state index in [4.69, 9.17) is 14.6 Å². The zero-order chi connectivity index (χ0) is 29.1. The van der Waals surface area contributed by atoms with Gasteiger partial charge in [-0.3, -0.25) is 4.98 Å². The van der Waals surface area contributed by atoms with Crippen molar-refractivity contribution in [1.29, 1.82) is 0 Å². The van der Waals surface area contributed by atoms with Gasteiger partial charge >= 0.3 is 0 Å². The van der Waals surface area contributed by atoms with Gasteiger partial charge in [0.05, 0.1) is 35.0 Å². The van der Waals surface area contributed by atoms with E-state index in [0.717, 1.165) is 10.9 Å². The SMILES string of the molecule is O=S(=O)(CCO)c1cccc(OC[C@@H](O)CNC2COC3(CCN(S(=O)(=O)c4cnc5ccccc5c4)CC3)C2)c1. The fourth-order valence-corrected chi connectivity index (χ4v) is 7.83. The van der Waals surface area contributed by atoms with Gasteiger partial charge in [0.2, 0.25) is 10.0 Å². The lowest BCUT2D eigenvalue weighted by atomic mass is 9.88. The third kappa shape index (κ3) is 6.88. The van der Waals surface area contributed by atoms with Gasteiger partial charge in [-0.2, -0.15) is 4.31 Å². The van der Waals surface area contributed by atoms with Crippen molar-refractivity contribution in [2.75, 3.05) is 45.2 Å². The summed E-state index contributed by atoms with van der Waals surface area (Å²) in [6.07, 6.45) is 2.43. The number of para-hydroxylation sites is 1. The quantitative estimate of drug-likeness (QED) is 0.292. The number of piperidine rings is 1. The summed E-state index contributed by atoms with van der Waals surface area (Å²) in [6.45, 7) is 0.911. The van der Waals surface area contributed by atoms with Crippen LogP contribution in [0.15, 0.2) is 70.6 Å². The highest BCUT2D eigenvalue weighted by atomic mass is 32.2. The van der Waals surface area contributed by atoms with Crippen molar-refractivity contribution in [3.63, 3.8) is 0 Å². The molecule has 5 rings (SSSR count). The van der Waals surface area contributed by atoms with Crippen molar-refractivity contribution in [3.8, 4) is 5.75 Å². The van der Waals surface area contributed by atoms with E-state index < -0.39 is 38.2 Å². The summed E-state index contributed by atoms with van der Waals surface area (Å²) in [5, 5.41) is 23.5. The molecule has 11 nitrogen and oxygen atoms in total. The predicted octanol–water partition coefficient (Wildman–Crippen LogP) is 1.34. The van der Waals surface area contributed by atoms with E-state index in [2.05, 4.69) is 10.3 Å². The Bertz CT molecular complexity index is 1570. The van der Waals surface area contributed by atoms with Gasteiger partial charge in [0.15, 0.2) is 9.84 Å². The van der Waals surface area contributed by atoms with Crippen molar-refractivity contribution in [1.82, 2.24) is 14.6 Å². The van der Waals surface area contributed by atoms with Crippen LogP contribution in [-0.2, 0) is 24.6 Å². The van der Waals surface area contributed by atoms with Crippen LogP contribution < -0.4 is 10.1 Å². The second-order valence-electron chi connectivity index (χ2n) is 10.6. The van der Waals surface area contributed by atoms with Gasteiger partial charge in [-0.05, 0) is 49.6 Å². The van der Waals surface area contributed by atoms with E-state index in [9.17, 15) is 21.9 Å². The fraction of sp³-hybridized carbons (Fsp3) is 0.464. The highest BCUT2D eigenvalue weighted by Gasteiger charge is 2.44. The first-order chi connectivity index (χ1) is 19.6. The number of aliphatic hydroxyl groups is 2. The Labute approximate surface area is 240 Å². The standard InChI is InChI=1S/C28H35N3O8S2/c32-12-13-40(34,35)25-6-3-5-24(15-25)38-20-23(33)17-29-22-16-28(39-19-22)8-10-31(11-9-28)41(36,37)26-14-21-4-1-2-7-27(21)30-18-26/h1-7,14-15,18,22-23,29,32-33H,8-13,16-17,19-20H2/t22?,23-/m0/s1. The molecule has 3 N–H and O–H groups in total. The van der Waals surface area contributed by atoms with Gasteiger partial charge in [0.25, 0.3) is 0 Å². The molecule has 2 aliphatic heterocycles. The van der Waals surface area contributed by atoms with Crippen LogP contribution >= 0.6 is 0 Å². The summed E-state index contributed by atoms with van der Waals surface area (Å²) in [4.78, 5) is 4.55. The maximum Gasteiger partial charge on any atom is 0.244 e. The second kappa shape index (κ2) is 12.3. The van der Waals surface area contributed by atoms with E-state index >= 15 is 0 Å². The molecule has 3 heterocycles. The van der Waals surface area contributed by atoms with Crippen LogP contribution in [0.1, 0.15) is 19.3 Å². The van der Waals surface area contributed by atoms with Gasteiger partial charge in [0.1, 0.15) is 23.4 Å². The summed E-state index contributed by atoms with van der Waals surface area (Å²) in [5.74, 6) is -0.0589. The van der Waals surface area contributed by atoms with E-state index in [1.165, 1.54) is 22.6 Å². The van der Waals surface area contributed by atoms with Gasteiger partial charge < -0.3 is 25.0 Å². The number of aliphatic hydroxyl groups excluding tert-OH is 2. The number of nitrogens with one attached hydrogen (secondary N) is 1. The molecule has 0 aliphatic carbocycles. The summed E-state index contributed by atoms with van der Waals surface area (Å²) >= 11 is 0. The number of pyridine rings is 1. The first-order valence-corrected chi connectivity index (χ1v) is 16.7. The minimum atomic E-state index is -3.67. The topological polar surface area (TPSA) is 155 Å². The number of hydrogen-bond acceptors (Lipinski definition) is 10. The first kappa shape index (κ1) is 29.8. The number of benzene rings is 2. The number of aromatic nitrogens is 1. The molecule has 2 aromatic carbocycles. The van der Waals surface area contributed by atoms with Gasteiger partial charge in [-0.15, -0.1) is 0 Å². The van der Waals surface area contributed by atoms with Crippen LogP contribution in [0.4, 0.5) is 0 Å². The van der Waals surface area contributed by atoms with Crippen molar-refractivity contribution in [3.05, 3.63) is 60.8 Å². The maximum atomic E-state index is 13.3. The van der Waals surface area contributed by atoms with Crippen LogP contribution in [0, 0.1) is 0 Å². The molecular weight excluding hydrogens is 570 g/mol. The monoisotopic (exact) mass is 605 g/mol. The number of sulfone groups is 1. The number of sulfonamides is 1. The minimum absolute atomic E-state index is 0.00412. The Balaban J connectivity index is 1.09. The molecule has 13 heteroatoms. The third-order valence-electron chi connectivity index (χ3n) is 7.66. The van der Waals surface area contributed by atoms with E-state index in [-0.39, 0.29) is 34.7 Å². The first-order valence-electron chi connectivity index (χ1n) is 13.6. The summed E-state index contributed by atoms with van der Waals surface area (Å²) in [7, 11) is -7.27. The Morgan fingerprint density at radius 3 is 2.63 bits per heavy atom. The molecule has 0 saturated carbocycles. The second-order valence-corrected chi connectivity index (χ2v) is 14.6. The molecule has 0 radical (unpaired) electrons. The maximum absolute atomic E-state index is 13.3. The lowest BCUT2D eigenvalue weighted by Crippen LogP contribution is -2.47. The minimum Gasteiger partial charge on any atom is -0.491 e. The molecule has 2 aliphatic rings. The Morgan fingerprint density at radius 1 is 1.07 bits per heavy atom. The fourth-order valence-electron chi connectivity index (χ4n) is 5.35. The third-order valence-corrected chi connectivity index (χ3v) is 11.2.